The average molecular weight is 630 g/mol. The van der Waals surface area contributed by atoms with Crippen molar-refractivity contribution in [3.8, 4) is 33.4 Å². The molecule has 3 aliphatic rings. The van der Waals surface area contributed by atoms with Gasteiger partial charge in [0.2, 0.25) is 0 Å². The maximum atomic E-state index is 2.53. The topological polar surface area (TPSA) is 3.24 Å². The minimum Gasteiger partial charge on any atom is -0.309 e. The molecule has 0 N–H and O–H groups in total. The lowest BCUT2D eigenvalue weighted by molar-refractivity contribution is -0.0824. The predicted molar refractivity (Wildman–Crippen MR) is 206 cm³/mol. The Hall–Kier alpha value is -5.40. The van der Waals surface area contributed by atoms with Gasteiger partial charge in [-0.3, -0.25) is 0 Å². The van der Waals surface area contributed by atoms with Crippen LogP contribution in [-0.4, -0.2) is 0 Å². The van der Waals surface area contributed by atoms with E-state index < -0.39 is 0 Å². The maximum absolute atomic E-state index is 2.53. The molecule has 0 amide bonds. The summed E-state index contributed by atoms with van der Waals surface area (Å²) in [5.41, 5.74) is 13.0. The van der Waals surface area contributed by atoms with Gasteiger partial charge in [-0.05, 0) is 94.7 Å². The smallest absolute Gasteiger partial charge is 0.0540 e. The molecule has 236 valence electrons. The monoisotopic (exact) mass is 629 g/mol. The zero-order valence-electron chi connectivity index (χ0n) is 27.7. The van der Waals surface area contributed by atoms with Crippen LogP contribution in [0.25, 0.3) is 44.2 Å². The highest BCUT2D eigenvalue weighted by molar-refractivity contribution is 6.05. The molecule has 3 saturated carbocycles. The van der Waals surface area contributed by atoms with Crippen LogP contribution in [0.15, 0.2) is 170 Å². The fourth-order valence-electron chi connectivity index (χ4n) is 10.3. The van der Waals surface area contributed by atoms with Crippen LogP contribution in [0, 0.1) is 17.8 Å². The van der Waals surface area contributed by atoms with E-state index in [1.54, 1.807) is 5.56 Å². The van der Waals surface area contributed by atoms with Crippen LogP contribution in [-0.2, 0) is 5.41 Å². The van der Waals surface area contributed by atoms with Crippen LogP contribution >= 0.6 is 0 Å². The summed E-state index contributed by atoms with van der Waals surface area (Å²) in [6.07, 6.45) is 5.64. The molecule has 0 saturated heterocycles. The van der Waals surface area contributed by atoms with E-state index in [9.17, 15) is 0 Å². The SMILES string of the molecule is c1ccc(-c2ccccc2N(c2ccccc2-c2ccccc2)c2ccccc2-c2cccc3cccc(C45C6CCC4CC5C6)c23)cc1. The van der Waals surface area contributed by atoms with Gasteiger partial charge in [-0.2, -0.15) is 0 Å². The second-order valence-electron chi connectivity index (χ2n) is 14.4. The Morgan fingerprint density at radius 2 is 0.837 bits per heavy atom. The van der Waals surface area contributed by atoms with Gasteiger partial charge in [-0.25, -0.2) is 0 Å². The zero-order chi connectivity index (χ0) is 32.4. The molecule has 2 unspecified atom stereocenters. The number of para-hydroxylation sites is 3. The van der Waals surface area contributed by atoms with Gasteiger partial charge in [0.1, 0.15) is 0 Å². The molecule has 0 spiro atoms. The first-order valence-electron chi connectivity index (χ1n) is 18.0. The Morgan fingerprint density at radius 1 is 0.388 bits per heavy atom. The number of anilines is 3. The standard InChI is InChI=1S/C48H39N/c1-3-15-33(16-4-1)39-21-7-10-26-44(39)49(45-27-11-8-22-40(45)34-17-5-2-6-18-34)46-28-12-9-23-41(46)42-24-13-19-35-20-14-25-43(47(35)42)48-36-29-30-37(48)32-38(48)31-36/h1-28,36-38H,29-32H2. The van der Waals surface area contributed by atoms with E-state index in [0.29, 0.717) is 5.41 Å². The Kier molecular flexibility index (Phi) is 6.62. The number of rotatable bonds is 7. The van der Waals surface area contributed by atoms with Gasteiger partial charge in [-0.1, -0.05) is 152 Å². The van der Waals surface area contributed by atoms with Crippen molar-refractivity contribution >= 4 is 27.8 Å². The zero-order valence-corrected chi connectivity index (χ0v) is 27.7. The van der Waals surface area contributed by atoms with Gasteiger partial charge in [-0.15, -0.1) is 0 Å². The largest absolute Gasteiger partial charge is 0.309 e. The fourth-order valence-corrected chi connectivity index (χ4v) is 10.3. The van der Waals surface area contributed by atoms with Crippen molar-refractivity contribution in [1.82, 2.24) is 0 Å². The van der Waals surface area contributed by atoms with Crippen molar-refractivity contribution in [2.75, 3.05) is 4.90 Å². The Morgan fingerprint density at radius 3 is 1.39 bits per heavy atom. The van der Waals surface area contributed by atoms with Crippen molar-refractivity contribution in [3.63, 3.8) is 0 Å². The van der Waals surface area contributed by atoms with Crippen LogP contribution in [0.4, 0.5) is 17.1 Å². The molecule has 0 aliphatic heterocycles. The van der Waals surface area contributed by atoms with Crippen LogP contribution in [0.3, 0.4) is 0 Å². The van der Waals surface area contributed by atoms with Crippen molar-refractivity contribution in [2.45, 2.75) is 31.1 Å². The maximum Gasteiger partial charge on any atom is 0.0540 e. The van der Waals surface area contributed by atoms with Gasteiger partial charge < -0.3 is 4.90 Å². The Bertz CT molecular complexity index is 2210. The summed E-state index contributed by atoms with van der Waals surface area (Å²) >= 11 is 0. The highest BCUT2D eigenvalue weighted by Gasteiger charge is 2.70. The third-order valence-corrected chi connectivity index (χ3v) is 12.3. The lowest BCUT2D eigenvalue weighted by Crippen LogP contribution is -2.61. The number of fused-ring (bicyclic) bond motifs is 1. The lowest BCUT2D eigenvalue weighted by atomic mass is 9.38. The minimum atomic E-state index is 0.379. The van der Waals surface area contributed by atoms with Gasteiger partial charge >= 0.3 is 0 Å². The minimum absolute atomic E-state index is 0.379. The number of hydrogen-bond acceptors (Lipinski definition) is 1. The summed E-state index contributed by atoms with van der Waals surface area (Å²) in [5, 5.41) is 2.82. The van der Waals surface area contributed by atoms with Gasteiger partial charge in [0.05, 0.1) is 17.1 Å². The predicted octanol–water partition coefficient (Wildman–Crippen LogP) is 13.0. The van der Waals surface area contributed by atoms with E-state index in [0.717, 1.165) is 17.8 Å². The summed E-state index contributed by atoms with van der Waals surface area (Å²) in [4.78, 5) is 2.53. The van der Waals surface area contributed by atoms with E-state index in [1.165, 1.54) is 86.9 Å². The highest BCUT2D eigenvalue weighted by atomic mass is 15.1. The normalized spacial score (nSPS) is 21.8. The van der Waals surface area contributed by atoms with Crippen LogP contribution in [0.5, 0.6) is 0 Å². The van der Waals surface area contributed by atoms with E-state index in [4.69, 9.17) is 0 Å². The molecule has 0 aromatic heterocycles. The van der Waals surface area contributed by atoms with Crippen molar-refractivity contribution in [2.24, 2.45) is 17.8 Å². The Balaban J connectivity index is 1.25. The summed E-state index contributed by atoms with van der Waals surface area (Å²) in [6.45, 7) is 0. The number of nitrogens with zero attached hydrogens (tertiary/aromatic N) is 1. The molecule has 49 heavy (non-hydrogen) atoms. The molecule has 2 atom stereocenters. The van der Waals surface area contributed by atoms with Crippen LogP contribution in [0.2, 0.25) is 0 Å². The molecular weight excluding hydrogens is 591 g/mol. The molecule has 10 rings (SSSR count). The third kappa shape index (κ3) is 4.25. The number of benzene rings is 7. The summed E-state index contributed by atoms with van der Waals surface area (Å²) in [5.74, 6) is 2.54. The highest BCUT2D eigenvalue weighted by Crippen LogP contribution is 2.75. The van der Waals surface area contributed by atoms with Crippen molar-refractivity contribution in [1.29, 1.82) is 0 Å². The average Bonchev–Trinajstić information content (AvgIpc) is 3.30. The van der Waals surface area contributed by atoms with Crippen molar-refractivity contribution < 1.29 is 0 Å². The second kappa shape index (κ2) is 11.3. The van der Waals surface area contributed by atoms with E-state index in [-0.39, 0.29) is 0 Å². The molecule has 7 aromatic rings. The first-order valence-corrected chi connectivity index (χ1v) is 18.0. The van der Waals surface area contributed by atoms with Crippen LogP contribution in [0.1, 0.15) is 31.2 Å². The van der Waals surface area contributed by atoms with E-state index >= 15 is 0 Å². The first-order chi connectivity index (χ1) is 24.3. The summed E-state index contributed by atoms with van der Waals surface area (Å²) in [6, 6.07) is 62.7. The van der Waals surface area contributed by atoms with Gasteiger partial charge in [0, 0.05) is 22.1 Å². The third-order valence-electron chi connectivity index (χ3n) is 12.3. The Labute approximate surface area is 289 Å². The molecule has 0 heterocycles. The fraction of sp³-hybridized carbons (Fsp3) is 0.167. The first kappa shape index (κ1) is 28.6. The molecule has 3 aliphatic carbocycles. The summed E-state index contributed by atoms with van der Waals surface area (Å²) in [7, 11) is 0. The molecule has 3 fully saturated rings. The quantitative estimate of drug-likeness (QED) is 0.170. The molecule has 1 heteroatoms. The molecular formula is C48H39N. The van der Waals surface area contributed by atoms with Crippen molar-refractivity contribution in [3.05, 3.63) is 175 Å². The van der Waals surface area contributed by atoms with Gasteiger partial charge in [0.15, 0.2) is 0 Å². The van der Waals surface area contributed by atoms with E-state index in [2.05, 4.69) is 175 Å². The molecule has 0 radical (unpaired) electrons. The summed E-state index contributed by atoms with van der Waals surface area (Å²) < 4.78 is 0. The van der Waals surface area contributed by atoms with Gasteiger partial charge in [0.25, 0.3) is 0 Å². The molecule has 1 nitrogen and oxygen atoms in total. The van der Waals surface area contributed by atoms with E-state index in [1.807, 2.05) is 0 Å². The molecule has 7 aromatic carbocycles. The lowest BCUT2D eigenvalue weighted by Gasteiger charge is -2.65. The number of hydrogen-bond donors (Lipinski definition) is 0. The van der Waals surface area contributed by atoms with Crippen LogP contribution < -0.4 is 4.90 Å². The second-order valence-corrected chi connectivity index (χ2v) is 14.4. The molecule has 0 bridgehead atoms.